The Balaban J connectivity index is 2.38. The van der Waals surface area contributed by atoms with E-state index in [1.807, 2.05) is 0 Å². The summed E-state index contributed by atoms with van der Waals surface area (Å²) in [4.78, 5) is 12.3. The van der Waals surface area contributed by atoms with Gasteiger partial charge in [0.05, 0.1) is 14.9 Å². The fourth-order valence-electron chi connectivity index (χ4n) is 1.25. The number of halogens is 2. The number of nitrogen functional groups attached to an aromatic ring is 1. The van der Waals surface area contributed by atoms with E-state index in [2.05, 4.69) is 0 Å². The summed E-state index contributed by atoms with van der Waals surface area (Å²) in [5, 5.41) is 0. The lowest BCUT2D eigenvalue weighted by Gasteiger charge is -2.00. The molecule has 2 nitrogen and oxygen atoms in total. The van der Waals surface area contributed by atoms with Crippen molar-refractivity contribution in [2.24, 2.45) is 0 Å². The van der Waals surface area contributed by atoms with E-state index in [0.717, 1.165) is 17.4 Å². The first-order valence-electron chi connectivity index (χ1n) is 4.43. The molecule has 1 aromatic carbocycles. The van der Waals surface area contributed by atoms with E-state index in [4.69, 9.17) is 17.3 Å². The van der Waals surface area contributed by atoms with Gasteiger partial charge in [0, 0.05) is 5.56 Å². The van der Waals surface area contributed by atoms with Crippen LogP contribution in [0, 0.1) is 5.82 Å². The highest BCUT2D eigenvalue weighted by atomic mass is 35.5. The van der Waals surface area contributed by atoms with Gasteiger partial charge in [-0.2, -0.15) is 0 Å². The van der Waals surface area contributed by atoms with Crippen molar-refractivity contribution in [2.45, 2.75) is 0 Å². The van der Waals surface area contributed by atoms with Gasteiger partial charge in [0.25, 0.3) is 0 Å². The molecular formula is C11H7ClFNOS. The monoisotopic (exact) mass is 255 g/mol. The van der Waals surface area contributed by atoms with Crippen molar-refractivity contribution in [3.05, 3.63) is 50.9 Å². The van der Waals surface area contributed by atoms with Gasteiger partial charge in [-0.25, -0.2) is 4.39 Å². The molecule has 0 aliphatic heterocycles. The largest absolute Gasteiger partial charge is 0.396 e. The Morgan fingerprint density at radius 1 is 1.31 bits per heavy atom. The zero-order valence-corrected chi connectivity index (χ0v) is 9.61. The molecule has 0 amide bonds. The van der Waals surface area contributed by atoms with Crippen molar-refractivity contribution in [1.82, 2.24) is 0 Å². The number of carbonyl (C=O) groups excluding carboxylic acids is 1. The second kappa shape index (κ2) is 4.23. The molecule has 0 saturated carbocycles. The fraction of sp³-hybridized carbons (Fsp3) is 0. The number of thiophene rings is 1. The third kappa shape index (κ3) is 2.08. The minimum atomic E-state index is -0.589. The Bertz CT molecular complexity index is 553. The summed E-state index contributed by atoms with van der Waals surface area (Å²) in [6.07, 6.45) is 0. The van der Waals surface area contributed by atoms with Crippen LogP contribution in [-0.2, 0) is 0 Å². The minimum Gasteiger partial charge on any atom is -0.396 e. The number of nitrogens with two attached hydrogens (primary N) is 1. The third-order valence-corrected chi connectivity index (χ3v) is 3.29. The van der Waals surface area contributed by atoms with Gasteiger partial charge < -0.3 is 5.73 Å². The van der Waals surface area contributed by atoms with Gasteiger partial charge in [-0.1, -0.05) is 11.6 Å². The molecule has 0 saturated heterocycles. The van der Waals surface area contributed by atoms with Gasteiger partial charge in [-0.3, -0.25) is 4.79 Å². The molecular weight excluding hydrogens is 249 g/mol. The molecule has 0 fully saturated rings. The minimum absolute atomic E-state index is 0.0285. The molecule has 0 radical (unpaired) electrons. The summed E-state index contributed by atoms with van der Waals surface area (Å²) in [6.45, 7) is 0. The third-order valence-electron chi connectivity index (χ3n) is 2.06. The van der Waals surface area contributed by atoms with Gasteiger partial charge in [-0.05, 0) is 30.3 Å². The van der Waals surface area contributed by atoms with Crippen LogP contribution in [0.25, 0.3) is 0 Å². The van der Waals surface area contributed by atoms with Crippen molar-refractivity contribution < 1.29 is 9.18 Å². The van der Waals surface area contributed by atoms with E-state index >= 15 is 0 Å². The number of hydrogen-bond acceptors (Lipinski definition) is 3. The lowest BCUT2D eigenvalue weighted by atomic mass is 10.1. The molecule has 82 valence electrons. The SMILES string of the molecule is Nc1ccc(C(=O)c2ccc(Cl)s2)cc1F. The second-order valence-electron chi connectivity index (χ2n) is 3.17. The van der Waals surface area contributed by atoms with Crippen molar-refractivity contribution in [2.75, 3.05) is 5.73 Å². The van der Waals surface area contributed by atoms with Crippen LogP contribution < -0.4 is 5.73 Å². The zero-order valence-electron chi connectivity index (χ0n) is 8.04. The van der Waals surface area contributed by atoms with E-state index < -0.39 is 5.82 Å². The highest BCUT2D eigenvalue weighted by Crippen LogP contribution is 2.24. The zero-order chi connectivity index (χ0) is 11.7. The Morgan fingerprint density at radius 2 is 2.06 bits per heavy atom. The molecule has 0 spiro atoms. The molecule has 2 rings (SSSR count). The van der Waals surface area contributed by atoms with Crippen LogP contribution in [0.5, 0.6) is 0 Å². The lowest BCUT2D eigenvalue weighted by molar-refractivity contribution is 0.104. The molecule has 5 heteroatoms. The van der Waals surface area contributed by atoms with E-state index in [1.54, 1.807) is 12.1 Å². The summed E-state index contributed by atoms with van der Waals surface area (Å²) in [6, 6.07) is 7.24. The average molecular weight is 256 g/mol. The first kappa shape index (κ1) is 11.1. The number of anilines is 1. The first-order chi connectivity index (χ1) is 7.58. The van der Waals surface area contributed by atoms with Crippen LogP contribution in [0.3, 0.4) is 0 Å². The summed E-state index contributed by atoms with van der Waals surface area (Å²) in [5.74, 6) is -0.843. The summed E-state index contributed by atoms with van der Waals surface area (Å²) in [7, 11) is 0. The van der Waals surface area contributed by atoms with Gasteiger partial charge in [0.1, 0.15) is 5.82 Å². The Labute approximate surface area is 100 Å². The standard InChI is InChI=1S/C11H7ClFNOS/c12-10-4-3-9(16-10)11(15)6-1-2-8(14)7(13)5-6/h1-5H,14H2. The van der Waals surface area contributed by atoms with Gasteiger partial charge >= 0.3 is 0 Å². The van der Waals surface area contributed by atoms with Crippen LogP contribution in [0.4, 0.5) is 10.1 Å². The molecule has 2 aromatic rings. The van der Waals surface area contributed by atoms with Crippen LogP contribution in [0.1, 0.15) is 15.2 Å². The van der Waals surface area contributed by atoms with Crippen molar-refractivity contribution in [3.63, 3.8) is 0 Å². The highest BCUT2D eigenvalue weighted by Gasteiger charge is 2.13. The van der Waals surface area contributed by atoms with Crippen LogP contribution >= 0.6 is 22.9 Å². The molecule has 0 aliphatic rings. The summed E-state index contributed by atoms with van der Waals surface area (Å²) >= 11 is 6.88. The normalized spacial score (nSPS) is 10.4. The number of benzene rings is 1. The maximum atomic E-state index is 13.2. The molecule has 0 unspecified atom stereocenters. The maximum Gasteiger partial charge on any atom is 0.203 e. The van der Waals surface area contributed by atoms with Crippen molar-refractivity contribution >= 4 is 34.4 Å². The first-order valence-corrected chi connectivity index (χ1v) is 5.62. The van der Waals surface area contributed by atoms with Gasteiger partial charge in [-0.15, -0.1) is 11.3 Å². The topological polar surface area (TPSA) is 43.1 Å². The summed E-state index contributed by atoms with van der Waals surface area (Å²) in [5.41, 5.74) is 5.62. The van der Waals surface area contributed by atoms with E-state index in [9.17, 15) is 9.18 Å². The van der Waals surface area contributed by atoms with Crippen molar-refractivity contribution in [3.8, 4) is 0 Å². The number of carbonyl (C=O) groups is 1. The van der Waals surface area contributed by atoms with Gasteiger partial charge in [0.15, 0.2) is 0 Å². The molecule has 16 heavy (non-hydrogen) atoms. The Morgan fingerprint density at radius 3 is 2.62 bits per heavy atom. The molecule has 2 N–H and O–H groups in total. The summed E-state index contributed by atoms with van der Waals surface area (Å²) < 4.78 is 13.7. The molecule has 0 bridgehead atoms. The molecule has 0 aliphatic carbocycles. The van der Waals surface area contributed by atoms with Crippen LogP contribution in [0.15, 0.2) is 30.3 Å². The van der Waals surface area contributed by atoms with Crippen molar-refractivity contribution in [1.29, 1.82) is 0 Å². The predicted molar refractivity (Wildman–Crippen MR) is 63.6 cm³/mol. The lowest BCUT2D eigenvalue weighted by Crippen LogP contribution is -2.00. The average Bonchev–Trinajstić information content (AvgIpc) is 2.68. The highest BCUT2D eigenvalue weighted by molar-refractivity contribution is 7.18. The number of rotatable bonds is 2. The van der Waals surface area contributed by atoms with E-state index in [1.165, 1.54) is 12.1 Å². The Hall–Kier alpha value is -1.39. The molecule has 1 heterocycles. The van der Waals surface area contributed by atoms with Gasteiger partial charge in [0.2, 0.25) is 5.78 Å². The smallest absolute Gasteiger partial charge is 0.203 e. The second-order valence-corrected chi connectivity index (χ2v) is 4.88. The Kier molecular flexibility index (Phi) is 2.94. The predicted octanol–water partition coefficient (Wildman–Crippen LogP) is 3.35. The van der Waals surface area contributed by atoms with Crippen LogP contribution in [-0.4, -0.2) is 5.78 Å². The van der Waals surface area contributed by atoms with E-state index in [0.29, 0.717) is 9.21 Å². The fourth-order valence-corrected chi connectivity index (χ4v) is 2.25. The van der Waals surface area contributed by atoms with E-state index in [-0.39, 0.29) is 17.0 Å². The molecule has 0 atom stereocenters. The number of hydrogen-bond donors (Lipinski definition) is 1. The quantitative estimate of drug-likeness (QED) is 0.661. The van der Waals surface area contributed by atoms with Crippen LogP contribution in [0.2, 0.25) is 4.34 Å². The number of ketones is 1. The molecule has 1 aromatic heterocycles. The maximum absolute atomic E-state index is 13.2.